The Hall–Kier alpha value is -3.58. The Morgan fingerprint density at radius 2 is 2.17 bits per heavy atom. The summed E-state index contributed by atoms with van der Waals surface area (Å²) in [6.07, 6.45) is 7.09. The molecule has 0 spiro atoms. The number of hydrogen-bond acceptors (Lipinski definition) is 5. The first-order valence-electron chi connectivity index (χ1n) is 9.44. The Kier molecular flexibility index (Phi) is 6.54. The summed E-state index contributed by atoms with van der Waals surface area (Å²) >= 11 is 0. The van der Waals surface area contributed by atoms with Crippen molar-refractivity contribution in [1.82, 2.24) is 15.3 Å². The number of rotatable bonds is 6. The van der Waals surface area contributed by atoms with E-state index in [1.54, 1.807) is 38.4 Å². The number of hydrogen-bond donors (Lipinski definition) is 2. The minimum Gasteiger partial charge on any atom is -0.395 e. The lowest BCUT2D eigenvalue weighted by atomic mass is 9.95. The summed E-state index contributed by atoms with van der Waals surface area (Å²) in [6, 6.07) is 8.64. The van der Waals surface area contributed by atoms with Crippen molar-refractivity contribution >= 4 is 18.2 Å². The van der Waals surface area contributed by atoms with Crippen LogP contribution in [0.4, 0.5) is 4.39 Å². The molecule has 1 aromatic carbocycles. The van der Waals surface area contributed by atoms with Gasteiger partial charge in [-0.25, -0.2) is 9.40 Å². The van der Waals surface area contributed by atoms with Crippen LogP contribution in [0, 0.1) is 12.7 Å². The van der Waals surface area contributed by atoms with Crippen LogP contribution in [-0.4, -0.2) is 40.9 Å². The molecule has 1 amide bonds. The number of carbonyl (C=O) groups excluding carboxylic acids is 1. The van der Waals surface area contributed by atoms with Gasteiger partial charge < -0.3 is 10.4 Å². The lowest BCUT2D eigenvalue weighted by Gasteiger charge is -2.23. The molecule has 0 aliphatic carbocycles. The Labute approximate surface area is 174 Å². The van der Waals surface area contributed by atoms with Crippen LogP contribution in [-0.2, 0) is 4.79 Å². The zero-order valence-electron chi connectivity index (χ0n) is 16.9. The van der Waals surface area contributed by atoms with Gasteiger partial charge in [-0.1, -0.05) is 6.07 Å². The van der Waals surface area contributed by atoms with Crippen LogP contribution in [0.3, 0.4) is 0 Å². The summed E-state index contributed by atoms with van der Waals surface area (Å²) in [5, 5.41) is 17.0. The van der Waals surface area contributed by atoms with E-state index >= 15 is 0 Å². The van der Waals surface area contributed by atoms with Gasteiger partial charge in [-0.3, -0.25) is 9.78 Å². The van der Waals surface area contributed by atoms with Gasteiger partial charge in [-0.05, 0) is 61.4 Å². The summed E-state index contributed by atoms with van der Waals surface area (Å²) in [5.41, 5.74) is 4.69. The number of hydrazone groups is 1. The third-order valence-corrected chi connectivity index (χ3v) is 4.76. The van der Waals surface area contributed by atoms with Gasteiger partial charge in [0, 0.05) is 42.4 Å². The summed E-state index contributed by atoms with van der Waals surface area (Å²) in [7, 11) is 0. The van der Waals surface area contributed by atoms with Gasteiger partial charge in [0.15, 0.2) is 0 Å². The highest BCUT2D eigenvalue weighted by Crippen LogP contribution is 2.33. The number of aliphatic hydroxyl groups excluding tert-OH is 1. The fourth-order valence-corrected chi connectivity index (χ4v) is 3.14. The summed E-state index contributed by atoms with van der Waals surface area (Å²) < 4.78 is 13.7. The second kappa shape index (κ2) is 9.28. The van der Waals surface area contributed by atoms with E-state index in [9.17, 15) is 9.18 Å². The van der Waals surface area contributed by atoms with Gasteiger partial charge in [0.25, 0.3) is 0 Å². The number of nitrogens with zero attached hydrogens (tertiary/aromatic N) is 3. The Balaban J connectivity index is 2.08. The molecule has 0 fully saturated rings. The van der Waals surface area contributed by atoms with Crippen molar-refractivity contribution in [2.45, 2.75) is 13.8 Å². The average Bonchev–Trinajstić information content (AvgIpc) is 2.78. The zero-order chi connectivity index (χ0) is 21.7. The molecule has 3 rings (SSSR count). The monoisotopic (exact) mass is 406 g/mol. The first-order valence-corrected chi connectivity index (χ1v) is 9.44. The van der Waals surface area contributed by atoms with E-state index in [0.717, 1.165) is 16.7 Å². The number of aromatic nitrogens is 1. The first kappa shape index (κ1) is 21.1. The van der Waals surface area contributed by atoms with Crippen LogP contribution in [0.5, 0.6) is 0 Å². The molecule has 0 saturated carbocycles. The van der Waals surface area contributed by atoms with E-state index in [1.165, 1.54) is 11.1 Å². The van der Waals surface area contributed by atoms with Gasteiger partial charge in [0.1, 0.15) is 5.82 Å². The van der Waals surface area contributed by atoms with Gasteiger partial charge in [-0.2, -0.15) is 5.10 Å². The predicted octanol–water partition coefficient (Wildman–Crippen LogP) is 3.41. The van der Waals surface area contributed by atoms with Crippen molar-refractivity contribution < 1.29 is 14.3 Å². The molecule has 1 aliphatic heterocycles. The Bertz CT molecular complexity index is 1070. The van der Waals surface area contributed by atoms with Crippen LogP contribution in [0.2, 0.25) is 0 Å². The number of allylic oxidation sites excluding steroid dienone is 3. The van der Waals surface area contributed by atoms with Crippen LogP contribution in [0.25, 0.3) is 16.8 Å². The number of aliphatic hydroxyl groups is 1. The number of aryl methyl sites for hydroxylation is 1. The summed E-state index contributed by atoms with van der Waals surface area (Å²) in [5.74, 6) is -0.574. The summed E-state index contributed by atoms with van der Waals surface area (Å²) in [6.45, 7) is 6.97. The molecule has 0 radical (unpaired) electrons. The third kappa shape index (κ3) is 4.36. The second-order valence-electron chi connectivity index (χ2n) is 6.75. The number of amides is 1. The molecule has 0 saturated heterocycles. The topological polar surface area (TPSA) is 77.8 Å². The third-order valence-electron chi connectivity index (χ3n) is 4.76. The van der Waals surface area contributed by atoms with Crippen molar-refractivity contribution in [1.29, 1.82) is 0 Å². The van der Waals surface area contributed by atoms with E-state index in [4.69, 9.17) is 5.11 Å². The molecule has 0 atom stereocenters. The number of benzene rings is 1. The molecule has 2 heterocycles. The first-order chi connectivity index (χ1) is 14.5. The molecule has 30 heavy (non-hydrogen) atoms. The van der Waals surface area contributed by atoms with Crippen LogP contribution in [0.15, 0.2) is 71.3 Å². The van der Waals surface area contributed by atoms with Gasteiger partial charge >= 0.3 is 0 Å². The van der Waals surface area contributed by atoms with E-state index in [-0.39, 0.29) is 24.9 Å². The maximum absolute atomic E-state index is 13.7. The van der Waals surface area contributed by atoms with E-state index in [0.29, 0.717) is 22.5 Å². The van der Waals surface area contributed by atoms with E-state index in [1.807, 2.05) is 24.3 Å². The van der Waals surface area contributed by atoms with E-state index in [2.05, 4.69) is 22.1 Å². The van der Waals surface area contributed by atoms with Crippen molar-refractivity contribution in [3.8, 4) is 11.3 Å². The van der Waals surface area contributed by atoms with Crippen molar-refractivity contribution in [2.75, 3.05) is 13.2 Å². The Morgan fingerprint density at radius 3 is 2.87 bits per heavy atom. The lowest BCUT2D eigenvalue weighted by Crippen LogP contribution is -2.29. The molecular weight excluding hydrogens is 383 g/mol. The van der Waals surface area contributed by atoms with Crippen molar-refractivity contribution in [3.05, 3.63) is 83.1 Å². The molecular formula is C23H23FN4O2. The van der Waals surface area contributed by atoms with Crippen molar-refractivity contribution in [2.24, 2.45) is 5.10 Å². The molecule has 1 aromatic heterocycles. The normalized spacial score (nSPS) is 14.9. The highest BCUT2D eigenvalue weighted by molar-refractivity contribution is 5.95. The smallest absolute Gasteiger partial charge is 0.249 e. The number of halogens is 1. The molecule has 2 aromatic rings. The largest absolute Gasteiger partial charge is 0.395 e. The maximum atomic E-state index is 13.7. The molecule has 7 heteroatoms. The molecule has 6 nitrogen and oxygen atoms in total. The zero-order valence-corrected chi connectivity index (χ0v) is 16.9. The Morgan fingerprint density at radius 1 is 1.37 bits per heavy atom. The minimum atomic E-state index is -0.306. The van der Waals surface area contributed by atoms with Crippen molar-refractivity contribution in [3.63, 3.8) is 0 Å². The van der Waals surface area contributed by atoms with Gasteiger partial charge in [0.05, 0.1) is 18.0 Å². The molecule has 2 N–H and O–H groups in total. The lowest BCUT2D eigenvalue weighted by molar-refractivity contribution is -0.117. The fourth-order valence-electron chi connectivity index (χ4n) is 3.14. The molecule has 0 unspecified atom stereocenters. The van der Waals surface area contributed by atoms with Gasteiger partial charge in [-0.15, -0.1) is 0 Å². The summed E-state index contributed by atoms with van der Waals surface area (Å²) in [4.78, 5) is 16.9. The van der Waals surface area contributed by atoms with Crippen LogP contribution < -0.4 is 5.32 Å². The number of carbonyl (C=O) groups is 1. The average molecular weight is 406 g/mol. The van der Waals surface area contributed by atoms with E-state index < -0.39 is 0 Å². The number of pyridine rings is 1. The molecule has 0 bridgehead atoms. The SMILES string of the molecule is C=NN1C=CC(c2cccnc2-c2ccc(F)c(C)c2)=C/C1=C(/C)C(=O)NCCO. The predicted molar refractivity (Wildman–Crippen MR) is 116 cm³/mol. The fraction of sp³-hybridized carbons (Fsp3) is 0.174. The quantitative estimate of drug-likeness (QED) is 0.569. The highest BCUT2D eigenvalue weighted by Gasteiger charge is 2.19. The van der Waals surface area contributed by atoms with Crippen LogP contribution >= 0.6 is 0 Å². The molecule has 154 valence electrons. The van der Waals surface area contributed by atoms with Crippen LogP contribution in [0.1, 0.15) is 18.1 Å². The maximum Gasteiger partial charge on any atom is 0.249 e. The second-order valence-corrected chi connectivity index (χ2v) is 6.75. The molecule has 1 aliphatic rings. The minimum absolute atomic E-state index is 0.144. The standard InChI is InChI=1S/C23H23FN4O2/c1-15-13-18(6-7-20(15)24)22-19(5-4-9-26-22)17-8-11-28(25-3)21(14-17)16(2)23(30)27-10-12-29/h4-9,11,13-14,29H,3,10,12H2,1-2H3,(H,27,30)/b21-16+. The van der Waals surface area contributed by atoms with Gasteiger partial charge in [0.2, 0.25) is 5.91 Å². The highest BCUT2D eigenvalue weighted by atomic mass is 19.1. The number of nitrogens with one attached hydrogen (secondary N) is 1.